The minimum Gasteiger partial charge on any atom is -0.380 e. The van der Waals surface area contributed by atoms with Gasteiger partial charge in [-0.2, -0.15) is 0 Å². The molecule has 0 N–H and O–H groups in total. The van der Waals surface area contributed by atoms with Crippen molar-refractivity contribution in [1.29, 1.82) is 0 Å². The third-order valence-corrected chi connectivity index (χ3v) is 6.83. The van der Waals surface area contributed by atoms with Crippen molar-refractivity contribution in [3.8, 4) is 0 Å². The molecule has 1 fully saturated rings. The van der Waals surface area contributed by atoms with Crippen molar-refractivity contribution in [3.63, 3.8) is 0 Å². The molecule has 0 radical (unpaired) electrons. The van der Waals surface area contributed by atoms with E-state index in [1.165, 1.54) is 0 Å². The maximum atomic E-state index is 6.22. The molecular weight excluding hydrogens is 288 g/mol. The van der Waals surface area contributed by atoms with Gasteiger partial charge in [0.2, 0.25) is 0 Å². The summed E-state index contributed by atoms with van der Waals surface area (Å²) in [5, 5.41) is 0. The SMILES string of the molecule is CCCC(OCC1(C)COC1)[Si](OCC)(OCC)OCC. The van der Waals surface area contributed by atoms with Gasteiger partial charge in [-0.15, -0.1) is 0 Å². The molecular formula is C15H32O5Si. The van der Waals surface area contributed by atoms with Crippen molar-refractivity contribution in [3.05, 3.63) is 0 Å². The molecule has 0 aromatic heterocycles. The van der Waals surface area contributed by atoms with Gasteiger partial charge in [0, 0.05) is 25.2 Å². The van der Waals surface area contributed by atoms with E-state index < -0.39 is 8.80 Å². The molecule has 0 aromatic carbocycles. The molecule has 1 atom stereocenters. The number of rotatable bonds is 12. The molecule has 21 heavy (non-hydrogen) atoms. The molecule has 126 valence electrons. The number of hydrogen-bond acceptors (Lipinski definition) is 5. The second kappa shape index (κ2) is 9.22. The van der Waals surface area contributed by atoms with E-state index in [0.29, 0.717) is 26.4 Å². The molecule has 0 saturated carbocycles. The fourth-order valence-corrected chi connectivity index (χ4v) is 5.41. The molecule has 1 saturated heterocycles. The zero-order chi connectivity index (χ0) is 15.8. The first-order chi connectivity index (χ1) is 10.1. The van der Waals surface area contributed by atoms with E-state index in [9.17, 15) is 0 Å². The molecule has 0 bridgehead atoms. The predicted molar refractivity (Wildman–Crippen MR) is 84.2 cm³/mol. The smallest absolute Gasteiger partial charge is 0.380 e. The van der Waals surface area contributed by atoms with Crippen molar-refractivity contribution >= 4 is 8.80 Å². The Hall–Kier alpha value is 0.0169. The highest BCUT2D eigenvalue weighted by atomic mass is 28.4. The third-order valence-electron chi connectivity index (χ3n) is 3.52. The summed E-state index contributed by atoms with van der Waals surface area (Å²) in [6.45, 7) is 14.2. The highest BCUT2D eigenvalue weighted by Gasteiger charge is 2.51. The summed E-state index contributed by atoms with van der Waals surface area (Å²) >= 11 is 0. The first-order valence-electron chi connectivity index (χ1n) is 8.17. The number of hydrogen-bond donors (Lipinski definition) is 0. The molecule has 0 aromatic rings. The van der Waals surface area contributed by atoms with Gasteiger partial charge in [0.1, 0.15) is 5.73 Å². The minimum absolute atomic E-state index is 0.0974. The zero-order valence-corrected chi connectivity index (χ0v) is 15.3. The lowest BCUT2D eigenvalue weighted by atomic mass is 9.90. The summed E-state index contributed by atoms with van der Waals surface area (Å²) in [6.07, 6.45) is 1.91. The Morgan fingerprint density at radius 1 is 1.00 bits per heavy atom. The lowest BCUT2D eigenvalue weighted by Crippen LogP contribution is -2.59. The molecule has 0 amide bonds. The van der Waals surface area contributed by atoms with E-state index in [4.69, 9.17) is 22.8 Å². The molecule has 1 aliphatic rings. The first-order valence-corrected chi connectivity index (χ1v) is 9.97. The molecule has 1 heterocycles. The Bertz CT molecular complexity index is 266. The van der Waals surface area contributed by atoms with Crippen LogP contribution in [0.2, 0.25) is 0 Å². The van der Waals surface area contributed by atoms with Gasteiger partial charge < -0.3 is 22.8 Å². The van der Waals surface area contributed by atoms with Crippen molar-refractivity contribution in [1.82, 2.24) is 0 Å². The van der Waals surface area contributed by atoms with Crippen molar-refractivity contribution in [2.45, 2.75) is 53.2 Å². The van der Waals surface area contributed by atoms with Gasteiger partial charge in [0.05, 0.1) is 19.8 Å². The van der Waals surface area contributed by atoms with Gasteiger partial charge in [0.15, 0.2) is 0 Å². The van der Waals surface area contributed by atoms with E-state index in [0.717, 1.165) is 26.1 Å². The van der Waals surface area contributed by atoms with E-state index in [1.807, 2.05) is 20.8 Å². The van der Waals surface area contributed by atoms with Crippen molar-refractivity contribution in [2.75, 3.05) is 39.6 Å². The molecule has 1 aliphatic heterocycles. The van der Waals surface area contributed by atoms with Crippen LogP contribution in [0.3, 0.4) is 0 Å². The van der Waals surface area contributed by atoms with Crippen molar-refractivity contribution in [2.24, 2.45) is 5.41 Å². The van der Waals surface area contributed by atoms with Gasteiger partial charge >= 0.3 is 8.80 Å². The van der Waals surface area contributed by atoms with Crippen LogP contribution in [0.25, 0.3) is 0 Å². The Kier molecular flexibility index (Phi) is 8.37. The molecule has 1 unspecified atom stereocenters. The topological polar surface area (TPSA) is 46.2 Å². The first kappa shape index (κ1) is 19.1. The Morgan fingerprint density at radius 3 is 1.86 bits per heavy atom. The van der Waals surface area contributed by atoms with Crippen LogP contribution < -0.4 is 0 Å². The Morgan fingerprint density at radius 2 is 1.52 bits per heavy atom. The fraction of sp³-hybridized carbons (Fsp3) is 1.00. The summed E-state index contributed by atoms with van der Waals surface area (Å²) in [5.41, 5.74) is 0.0244. The van der Waals surface area contributed by atoms with Crippen LogP contribution in [-0.4, -0.2) is 54.2 Å². The summed E-state index contributed by atoms with van der Waals surface area (Å²) < 4.78 is 29.5. The Balaban J connectivity index is 2.77. The van der Waals surface area contributed by atoms with Gasteiger partial charge in [-0.3, -0.25) is 0 Å². The summed E-state index contributed by atoms with van der Waals surface area (Å²) in [4.78, 5) is 0. The molecule has 6 heteroatoms. The van der Waals surface area contributed by atoms with Crippen LogP contribution in [0.4, 0.5) is 0 Å². The van der Waals surface area contributed by atoms with Gasteiger partial charge in [0.25, 0.3) is 0 Å². The second-order valence-electron chi connectivity index (χ2n) is 5.79. The average molecular weight is 321 g/mol. The Labute approximate surface area is 130 Å². The van der Waals surface area contributed by atoms with Crippen LogP contribution in [0, 0.1) is 5.41 Å². The van der Waals surface area contributed by atoms with Crippen molar-refractivity contribution < 1.29 is 22.8 Å². The normalized spacial score (nSPS) is 19.3. The van der Waals surface area contributed by atoms with Gasteiger partial charge in [-0.05, 0) is 27.2 Å². The maximum absolute atomic E-state index is 6.22. The highest BCUT2D eigenvalue weighted by Crippen LogP contribution is 2.30. The summed E-state index contributed by atoms with van der Waals surface area (Å²) in [7, 11) is -2.80. The summed E-state index contributed by atoms with van der Waals surface area (Å²) in [5.74, 6) is 0. The fourth-order valence-electron chi connectivity index (χ4n) is 2.47. The van der Waals surface area contributed by atoms with Crippen LogP contribution in [0.15, 0.2) is 0 Å². The zero-order valence-electron chi connectivity index (χ0n) is 14.3. The van der Waals surface area contributed by atoms with Gasteiger partial charge in [-0.25, -0.2) is 0 Å². The lowest BCUT2D eigenvalue weighted by molar-refractivity contribution is -0.149. The standard InChI is InChI=1S/C15H32O5Si/c1-6-10-14(17-13-15(5)11-16-12-15)21(18-7-2,19-8-3)20-9-4/h14H,6-13H2,1-5H3. The van der Waals surface area contributed by atoms with E-state index >= 15 is 0 Å². The predicted octanol–water partition coefficient (Wildman–Crippen LogP) is 2.80. The van der Waals surface area contributed by atoms with Crippen LogP contribution in [0.5, 0.6) is 0 Å². The van der Waals surface area contributed by atoms with E-state index in [2.05, 4.69) is 13.8 Å². The van der Waals surface area contributed by atoms with Crippen LogP contribution in [-0.2, 0) is 22.8 Å². The second-order valence-corrected chi connectivity index (χ2v) is 8.51. The number of ether oxygens (including phenoxy) is 2. The monoisotopic (exact) mass is 320 g/mol. The van der Waals surface area contributed by atoms with E-state index in [-0.39, 0.29) is 11.1 Å². The average Bonchev–Trinajstić information content (AvgIpc) is 2.42. The molecule has 1 rings (SSSR count). The summed E-state index contributed by atoms with van der Waals surface area (Å²) in [6, 6.07) is 0. The largest absolute Gasteiger partial charge is 0.531 e. The minimum atomic E-state index is -2.80. The molecule has 0 aliphatic carbocycles. The lowest BCUT2D eigenvalue weighted by Gasteiger charge is -2.41. The third kappa shape index (κ3) is 5.30. The van der Waals surface area contributed by atoms with Crippen LogP contribution >= 0.6 is 0 Å². The molecule has 0 spiro atoms. The molecule has 5 nitrogen and oxygen atoms in total. The highest BCUT2D eigenvalue weighted by molar-refractivity contribution is 6.62. The maximum Gasteiger partial charge on any atom is 0.531 e. The quantitative estimate of drug-likeness (QED) is 0.517. The van der Waals surface area contributed by atoms with E-state index in [1.54, 1.807) is 0 Å². The van der Waals surface area contributed by atoms with Gasteiger partial charge in [-0.1, -0.05) is 20.3 Å². The van der Waals surface area contributed by atoms with Crippen LogP contribution in [0.1, 0.15) is 47.5 Å².